The van der Waals surface area contributed by atoms with Crippen LogP contribution in [0.4, 0.5) is 10.2 Å². The van der Waals surface area contributed by atoms with Gasteiger partial charge in [0.25, 0.3) is 0 Å². The van der Waals surface area contributed by atoms with E-state index in [1.807, 2.05) is 19.1 Å². The molecule has 0 fully saturated rings. The Morgan fingerprint density at radius 2 is 2.12 bits per heavy atom. The van der Waals surface area contributed by atoms with Crippen LogP contribution >= 0.6 is 11.6 Å². The highest BCUT2D eigenvalue weighted by Crippen LogP contribution is 2.25. The molecule has 128 valence electrons. The minimum atomic E-state index is -0.592. The molecule has 0 aliphatic heterocycles. The Hall–Kier alpha value is -2.80. The summed E-state index contributed by atoms with van der Waals surface area (Å²) in [6.45, 7) is 1.87. The molecule has 0 bridgehead atoms. The van der Waals surface area contributed by atoms with Crippen molar-refractivity contribution in [3.8, 4) is 11.3 Å². The number of nitrogens with one attached hydrogen (secondary N) is 2. The van der Waals surface area contributed by atoms with Crippen LogP contribution in [0.2, 0.25) is 5.15 Å². The highest BCUT2D eigenvalue weighted by atomic mass is 35.5. The first-order valence-corrected chi connectivity index (χ1v) is 7.97. The third-order valence-electron chi connectivity index (χ3n) is 3.72. The van der Waals surface area contributed by atoms with Crippen molar-refractivity contribution in [2.45, 2.75) is 19.8 Å². The van der Waals surface area contributed by atoms with Crippen LogP contribution < -0.4 is 5.32 Å². The molecule has 1 amide bonds. The van der Waals surface area contributed by atoms with Crippen LogP contribution in [0.25, 0.3) is 11.3 Å². The summed E-state index contributed by atoms with van der Waals surface area (Å²) in [5.41, 5.74) is 3.10. The van der Waals surface area contributed by atoms with E-state index in [4.69, 9.17) is 11.6 Å². The average Bonchev–Trinajstić information content (AvgIpc) is 2.97. The number of pyridine rings is 2. The summed E-state index contributed by atoms with van der Waals surface area (Å²) >= 11 is 5.54. The summed E-state index contributed by atoms with van der Waals surface area (Å²) in [6.07, 6.45) is 5.37. The standard InChI is InChI=1S/C17H15ClFN5O/c1-10-15(12-4-6-20-7-5-12)23-24-17(10)22-14(25)3-2-11-8-13(19)16(18)21-9-11/h4-9H,2-3H2,1H3,(H2,22,23,24,25). The number of hydrogen-bond donors (Lipinski definition) is 2. The molecule has 3 heterocycles. The number of amides is 1. The third-order valence-corrected chi connectivity index (χ3v) is 4.00. The smallest absolute Gasteiger partial charge is 0.225 e. The number of carbonyl (C=O) groups excluding carboxylic acids is 1. The summed E-state index contributed by atoms with van der Waals surface area (Å²) in [7, 11) is 0. The van der Waals surface area contributed by atoms with E-state index in [9.17, 15) is 9.18 Å². The Kier molecular flexibility index (Phi) is 5.04. The lowest BCUT2D eigenvalue weighted by atomic mass is 10.1. The molecule has 0 spiro atoms. The summed E-state index contributed by atoms with van der Waals surface area (Å²) in [4.78, 5) is 19.8. The lowest BCUT2D eigenvalue weighted by Gasteiger charge is -2.05. The summed E-state index contributed by atoms with van der Waals surface area (Å²) in [5.74, 6) is -0.258. The molecule has 3 aromatic heterocycles. The first-order chi connectivity index (χ1) is 12.0. The Morgan fingerprint density at radius 3 is 2.84 bits per heavy atom. The van der Waals surface area contributed by atoms with Gasteiger partial charge in [0.15, 0.2) is 11.0 Å². The molecule has 2 N–H and O–H groups in total. The van der Waals surface area contributed by atoms with Crippen LogP contribution in [-0.4, -0.2) is 26.1 Å². The van der Waals surface area contributed by atoms with Crippen molar-refractivity contribution in [3.05, 3.63) is 58.9 Å². The van der Waals surface area contributed by atoms with Gasteiger partial charge in [-0.2, -0.15) is 5.10 Å². The van der Waals surface area contributed by atoms with Gasteiger partial charge < -0.3 is 5.32 Å². The van der Waals surface area contributed by atoms with Crippen molar-refractivity contribution in [3.63, 3.8) is 0 Å². The van der Waals surface area contributed by atoms with Crippen LogP contribution in [0.15, 0.2) is 36.8 Å². The monoisotopic (exact) mass is 359 g/mol. The van der Waals surface area contributed by atoms with Crippen molar-refractivity contribution in [1.29, 1.82) is 0 Å². The zero-order chi connectivity index (χ0) is 17.8. The molecule has 3 aromatic rings. The third kappa shape index (κ3) is 4.00. The van der Waals surface area contributed by atoms with E-state index in [1.54, 1.807) is 12.4 Å². The lowest BCUT2D eigenvalue weighted by molar-refractivity contribution is -0.116. The van der Waals surface area contributed by atoms with E-state index in [0.717, 1.165) is 16.8 Å². The normalized spacial score (nSPS) is 10.7. The second-order valence-corrected chi connectivity index (χ2v) is 5.83. The van der Waals surface area contributed by atoms with Gasteiger partial charge in [-0.05, 0) is 37.1 Å². The number of hydrogen-bond acceptors (Lipinski definition) is 4. The van der Waals surface area contributed by atoms with Gasteiger partial charge in [0.2, 0.25) is 5.91 Å². The first-order valence-electron chi connectivity index (χ1n) is 7.59. The van der Waals surface area contributed by atoms with Crippen molar-refractivity contribution in [2.75, 3.05) is 5.32 Å². The molecule has 0 saturated heterocycles. The van der Waals surface area contributed by atoms with Gasteiger partial charge in [-0.1, -0.05) is 11.6 Å². The molecule has 0 radical (unpaired) electrons. The summed E-state index contributed by atoms with van der Waals surface area (Å²) < 4.78 is 13.4. The van der Waals surface area contributed by atoms with E-state index in [1.165, 1.54) is 12.3 Å². The van der Waals surface area contributed by atoms with Gasteiger partial charge in [0.05, 0.1) is 5.69 Å². The van der Waals surface area contributed by atoms with Crippen molar-refractivity contribution in [2.24, 2.45) is 0 Å². The molecule has 0 aromatic carbocycles. The SMILES string of the molecule is Cc1c(-c2ccncc2)n[nH]c1NC(=O)CCc1cnc(Cl)c(F)c1. The zero-order valence-corrected chi connectivity index (χ0v) is 14.1. The molecular formula is C17H15ClFN5O. The fourth-order valence-electron chi connectivity index (χ4n) is 2.37. The molecule has 8 heteroatoms. The van der Waals surface area contributed by atoms with Crippen LogP contribution in [0.3, 0.4) is 0 Å². The molecule has 3 rings (SSSR count). The predicted octanol–water partition coefficient (Wildman–Crippen LogP) is 3.54. The largest absolute Gasteiger partial charge is 0.311 e. The number of aromatic nitrogens is 4. The maximum Gasteiger partial charge on any atom is 0.225 e. The minimum absolute atomic E-state index is 0.176. The minimum Gasteiger partial charge on any atom is -0.311 e. The number of nitrogens with zero attached hydrogens (tertiary/aromatic N) is 3. The van der Waals surface area contributed by atoms with E-state index >= 15 is 0 Å². The van der Waals surface area contributed by atoms with E-state index < -0.39 is 5.82 Å². The second kappa shape index (κ2) is 7.40. The number of rotatable bonds is 5. The molecule has 25 heavy (non-hydrogen) atoms. The van der Waals surface area contributed by atoms with Crippen LogP contribution in [0, 0.1) is 12.7 Å². The molecule has 0 aliphatic carbocycles. The lowest BCUT2D eigenvalue weighted by Crippen LogP contribution is -2.13. The van der Waals surface area contributed by atoms with Crippen molar-refractivity contribution < 1.29 is 9.18 Å². The van der Waals surface area contributed by atoms with Gasteiger partial charge in [0, 0.05) is 36.1 Å². The van der Waals surface area contributed by atoms with Gasteiger partial charge in [0.1, 0.15) is 5.82 Å². The topological polar surface area (TPSA) is 83.6 Å². The fraction of sp³-hybridized carbons (Fsp3) is 0.176. The fourth-order valence-corrected chi connectivity index (χ4v) is 2.47. The quantitative estimate of drug-likeness (QED) is 0.682. The summed E-state index contributed by atoms with van der Waals surface area (Å²) in [6, 6.07) is 4.97. The van der Waals surface area contributed by atoms with Crippen molar-refractivity contribution >= 4 is 23.3 Å². The van der Waals surface area contributed by atoms with Gasteiger partial charge in [-0.25, -0.2) is 9.37 Å². The van der Waals surface area contributed by atoms with Gasteiger partial charge in [-0.15, -0.1) is 0 Å². The molecule has 0 saturated carbocycles. The summed E-state index contributed by atoms with van der Waals surface area (Å²) in [5, 5.41) is 9.67. The Balaban J connectivity index is 1.63. The number of halogens is 2. The molecule has 6 nitrogen and oxygen atoms in total. The van der Waals surface area contributed by atoms with E-state index in [-0.39, 0.29) is 17.5 Å². The number of aromatic amines is 1. The highest BCUT2D eigenvalue weighted by Gasteiger charge is 2.13. The predicted molar refractivity (Wildman–Crippen MR) is 92.7 cm³/mol. The average molecular weight is 360 g/mol. The van der Waals surface area contributed by atoms with Crippen LogP contribution in [0.5, 0.6) is 0 Å². The molecular weight excluding hydrogens is 345 g/mol. The maximum absolute atomic E-state index is 13.4. The Bertz CT molecular complexity index is 897. The zero-order valence-electron chi connectivity index (χ0n) is 13.4. The first kappa shape index (κ1) is 17.0. The highest BCUT2D eigenvalue weighted by molar-refractivity contribution is 6.29. The Labute approximate surface area is 148 Å². The van der Waals surface area contributed by atoms with E-state index in [2.05, 4.69) is 25.5 Å². The number of aryl methyl sites for hydroxylation is 1. The van der Waals surface area contributed by atoms with Crippen LogP contribution in [-0.2, 0) is 11.2 Å². The van der Waals surface area contributed by atoms with Crippen molar-refractivity contribution in [1.82, 2.24) is 20.2 Å². The number of anilines is 1. The van der Waals surface area contributed by atoms with Gasteiger partial charge >= 0.3 is 0 Å². The molecule has 0 aliphatic rings. The number of carbonyl (C=O) groups is 1. The van der Waals surface area contributed by atoms with Gasteiger partial charge in [-0.3, -0.25) is 14.9 Å². The molecule has 0 unspecified atom stereocenters. The maximum atomic E-state index is 13.4. The van der Waals surface area contributed by atoms with E-state index in [0.29, 0.717) is 17.8 Å². The number of H-pyrrole nitrogens is 1. The Morgan fingerprint density at radius 1 is 1.36 bits per heavy atom. The molecule has 0 atom stereocenters. The second-order valence-electron chi connectivity index (χ2n) is 5.47. The van der Waals surface area contributed by atoms with Crippen LogP contribution in [0.1, 0.15) is 17.5 Å².